The fourth-order valence-electron chi connectivity index (χ4n) is 8.76. The van der Waals surface area contributed by atoms with Crippen molar-refractivity contribution in [3.8, 4) is 0 Å². The molecule has 0 aromatic rings. The Morgan fingerprint density at radius 3 is 2.44 bits per heavy atom. The van der Waals surface area contributed by atoms with E-state index in [4.69, 9.17) is 5.11 Å². The first-order valence-corrected chi connectivity index (χ1v) is 11.7. The predicted molar refractivity (Wildman–Crippen MR) is 107 cm³/mol. The summed E-state index contributed by atoms with van der Waals surface area (Å²) in [5, 5.41) is 19.3. The van der Waals surface area contributed by atoms with Crippen molar-refractivity contribution in [3.05, 3.63) is 0 Å². The Bertz CT molecular complexity index is 574. The van der Waals surface area contributed by atoms with Crippen molar-refractivity contribution in [1.82, 2.24) is 0 Å². The molecule has 4 rings (SSSR count). The molecular formula is C24H40O3. The lowest BCUT2D eigenvalue weighted by molar-refractivity contribution is -0.138. The number of hydrogen-bond acceptors (Lipinski definition) is 2. The van der Waals surface area contributed by atoms with Gasteiger partial charge in [0.15, 0.2) is 0 Å². The van der Waals surface area contributed by atoms with Crippen LogP contribution in [-0.4, -0.2) is 22.3 Å². The van der Waals surface area contributed by atoms with Gasteiger partial charge in [0, 0.05) is 6.42 Å². The molecule has 3 nitrogen and oxygen atoms in total. The zero-order valence-electron chi connectivity index (χ0n) is 17.6. The number of aliphatic hydroxyl groups is 1. The van der Waals surface area contributed by atoms with Gasteiger partial charge in [-0.2, -0.15) is 0 Å². The first-order valence-electron chi connectivity index (χ1n) is 11.7. The summed E-state index contributed by atoms with van der Waals surface area (Å²) in [7, 11) is 0. The molecule has 0 aromatic heterocycles. The third kappa shape index (κ3) is 3.16. The van der Waals surface area contributed by atoms with Crippen molar-refractivity contribution in [2.75, 3.05) is 0 Å². The number of rotatable bonds is 4. The van der Waals surface area contributed by atoms with Crippen molar-refractivity contribution in [2.24, 2.45) is 46.3 Å². The molecule has 0 heterocycles. The Balaban J connectivity index is 1.51. The normalized spacial score (nSPS) is 50.4. The van der Waals surface area contributed by atoms with Crippen LogP contribution in [0.15, 0.2) is 0 Å². The molecule has 2 N–H and O–H groups in total. The molecule has 4 aliphatic carbocycles. The molecule has 9 atom stereocenters. The van der Waals surface area contributed by atoms with E-state index < -0.39 is 5.97 Å². The van der Waals surface area contributed by atoms with Crippen LogP contribution in [0.2, 0.25) is 0 Å². The van der Waals surface area contributed by atoms with Crippen LogP contribution in [0.5, 0.6) is 0 Å². The van der Waals surface area contributed by atoms with Gasteiger partial charge in [-0.1, -0.05) is 20.8 Å². The van der Waals surface area contributed by atoms with Crippen LogP contribution >= 0.6 is 0 Å². The van der Waals surface area contributed by atoms with Gasteiger partial charge in [-0.25, -0.2) is 0 Å². The smallest absolute Gasteiger partial charge is 0.303 e. The van der Waals surface area contributed by atoms with Gasteiger partial charge in [0.05, 0.1) is 6.10 Å². The van der Waals surface area contributed by atoms with Crippen LogP contribution in [0.4, 0.5) is 0 Å². The average molecular weight is 377 g/mol. The van der Waals surface area contributed by atoms with Gasteiger partial charge in [0.25, 0.3) is 0 Å². The van der Waals surface area contributed by atoms with E-state index >= 15 is 0 Å². The Hall–Kier alpha value is -0.570. The van der Waals surface area contributed by atoms with Gasteiger partial charge in [0.1, 0.15) is 0 Å². The van der Waals surface area contributed by atoms with E-state index in [1.54, 1.807) is 0 Å². The molecule has 0 bridgehead atoms. The Morgan fingerprint density at radius 1 is 1.00 bits per heavy atom. The SMILES string of the molecule is C[C@H](CCC(=O)O)[C@H]1CCC2[C@@H]3CC[C@@H]4C[C@@H](O)CC[C@]4(C)C3CC[C@@]21C. The molecule has 4 aliphatic rings. The Kier molecular flexibility index (Phi) is 5.15. The monoisotopic (exact) mass is 376 g/mol. The van der Waals surface area contributed by atoms with E-state index in [-0.39, 0.29) is 6.10 Å². The van der Waals surface area contributed by atoms with Gasteiger partial charge in [-0.3, -0.25) is 4.79 Å². The van der Waals surface area contributed by atoms with Gasteiger partial charge in [0.2, 0.25) is 0 Å². The molecular weight excluding hydrogens is 336 g/mol. The minimum atomic E-state index is -0.643. The Labute approximate surface area is 165 Å². The second-order valence-electron chi connectivity index (χ2n) is 11.2. The van der Waals surface area contributed by atoms with E-state index in [0.717, 1.165) is 42.9 Å². The van der Waals surface area contributed by atoms with Crippen molar-refractivity contribution >= 4 is 5.97 Å². The van der Waals surface area contributed by atoms with Crippen LogP contribution < -0.4 is 0 Å². The molecule has 2 unspecified atom stereocenters. The summed E-state index contributed by atoms with van der Waals surface area (Å²) in [5.74, 6) is 3.91. The summed E-state index contributed by atoms with van der Waals surface area (Å²) in [6, 6.07) is 0. The summed E-state index contributed by atoms with van der Waals surface area (Å²) in [5.41, 5.74) is 0.882. The van der Waals surface area contributed by atoms with Crippen LogP contribution in [0.1, 0.15) is 91.4 Å². The highest BCUT2D eigenvalue weighted by molar-refractivity contribution is 5.66. The highest BCUT2D eigenvalue weighted by Crippen LogP contribution is 2.68. The van der Waals surface area contributed by atoms with E-state index in [0.29, 0.717) is 29.1 Å². The summed E-state index contributed by atoms with van der Waals surface area (Å²) in [6.45, 7) is 7.43. The molecule has 4 fully saturated rings. The van der Waals surface area contributed by atoms with E-state index in [9.17, 15) is 9.90 Å². The number of carboxylic acid groups (broad SMARTS) is 1. The molecule has 0 spiro atoms. The van der Waals surface area contributed by atoms with Crippen molar-refractivity contribution in [2.45, 2.75) is 97.5 Å². The number of aliphatic hydroxyl groups excluding tert-OH is 1. The highest BCUT2D eigenvalue weighted by atomic mass is 16.4. The molecule has 4 saturated carbocycles. The van der Waals surface area contributed by atoms with Crippen LogP contribution in [0.3, 0.4) is 0 Å². The molecule has 0 amide bonds. The fraction of sp³-hybridized carbons (Fsp3) is 0.958. The molecule has 0 radical (unpaired) electrons. The van der Waals surface area contributed by atoms with Crippen molar-refractivity contribution in [1.29, 1.82) is 0 Å². The first-order chi connectivity index (χ1) is 12.8. The number of aliphatic carboxylic acids is 1. The first kappa shape index (κ1) is 19.7. The van der Waals surface area contributed by atoms with Crippen LogP contribution in [0, 0.1) is 46.3 Å². The largest absolute Gasteiger partial charge is 0.481 e. The van der Waals surface area contributed by atoms with Gasteiger partial charge < -0.3 is 10.2 Å². The van der Waals surface area contributed by atoms with E-state index in [2.05, 4.69) is 20.8 Å². The minimum Gasteiger partial charge on any atom is -0.481 e. The summed E-state index contributed by atoms with van der Waals surface area (Å²) >= 11 is 0. The zero-order valence-corrected chi connectivity index (χ0v) is 17.6. The third-order valence-electron chi connectivity index (χ3n) is 10.2. The van der Waals surface area contributed by atoms with Crippen LogP contribution in [-0.2, 0) is 4.79 Å². The van der Waals surface area contributed by atoms with Crippen LogP contribution in [0.25, 0.3) is 0 Å². The standard InChI is InChI=1S/C24H40O3/c1-15(4-9-22(26)27)19-7-8-20-18-6-5-16-14-17(25)10-12-23(16,2)21(18)11-13-24(19,20)3/h15-21,25H,4-14H2,1-3H3,(H,26,27)/t15-,16-,17+,18+,19-,20?,21?,23+,24-/m1/s1. The van der Waals surface area contributed by atoms with Crippen molar-refractivity contribution < 1.29 is 15.0 Å². The molecule has 3 heteroatoms. The van der Waals surface area contributed by atoms with E-state index in [1.165, 1.54) is 44.9 Å². The van der Waals surface area contributed by atoms with Gasteiger partial charge in [-0.15, -0.1) is 0 Å². The average Bonchev–Trinajstić information content (AvgIpc) is 2.97. The minimum absolute atomic E-state index is 0.0561. The van der Waals surface area contributed by atoms with Crippen molar-refractivity contribution in [3.63, 3.8) is 0 Å². The number of hydrogen-bond donors (Lipinski definition) is 2. The second-order valence-corrected chi connectivity index (χ2v) is 11.2. The Morgan fingerprint density at radius 2 is 1.70 bits per heavy atom. The maximum Gasteiger partial charge on any atom is 0.303 e. The molecule has 27 heavy (non-hydrogen) atoms. The lowest BCUT2D eigenvalue weighted by atomic mass is 9.44. The molecule has 0 aliphatic heterocycles. The predicted octanol–water partition coefficient (Wildman–Crippen LogP) is 5.51. The molecule has 0 aromatic carbocycles. The lowest BCUT2D eigenvalue weighted by Gasteiger charge is -2.61. The zero-order chi connectivity index (χ0) is 19.4. The van der Waals surface area contributed by atoms with Gasteiger partial charge >= 0.3 is 5.97 Å². The summed E-state index contributed by atoms with van der Waals surface area (Å²) < 4.78 is 0. The van der Waals surface area contributed by atoms with Gasteiger partial charge in [-0.05, 0) is 111 Å². The van der Waals surface area contributed by atoms with E-state index in [1.807, 2.05) is 0 Å². The third-order valence-corrected chi connectivity index (χ3v) is 10.2. The lowest BCUT2D eigenvalue weighted by Crippen LogP contribution is -2.54. The maximum atomic E-state index is 11.0. The number of fused-ring (bicyclic) bond motifs is 5. The molecule has 154 valence electrons. The summed E-state index contributed by atoms with van der Waals surface area (Å²) in [6.07, 6.45) is 12.4. The maximum absolute atomic E-state index is 11.0. The number of carboxylic acids is 1. The molecule has 0 saturated heterocycles. The summed E-state index contributed by atoms with van der Waals surface area (Å²) in [4.78, 5) is 11.0. The quantitative estimate of drug-likeness (QED) is 0.680. The fourth-order valence-corrected chi connectivity index (χ4v) is 8.76. The second kappa shape index (κ2) is 7.04. The highest BCUT2D eigenvalue weighted by Gasteiger charge is 2.60. The topological polar surface area (TPSA) is 57.5 Å². The number of carbonyl (C=O) groups is 1.